The van der Waals surface area contributed by atoms with Crippen molar-refractivity contribution in [1.82, 2.24) is 4.90 Å². The van der Waals surface area contributed by atoms with Crippen LogP contribution in [-0.2, 0) is 0 Å². The van der Waals surface area contributed by atoms with Crippen molar-refractivity contribution in [3.63, 3.8) is 0 Å². The van der Waals surface area contributed by atoms with Crippen LogP contribution in [0.1, 0.15) is 19.8 Å². The molecule has 15 heavy (non-hydrogen) atoms. The Hall–Kier alpha value is -1.08. The molecule has 0 radical (unpaired) electrons. The molecule has 1 aliphatic carbocycles. The van der Waals surface area contributed by atoms with Gasteiger partial charge in [0.1, 0.15) is 0 Å². The Morgan fingerprint density at radius 1 is 1.27 bits per heavy atom. The highest BCUT2D eigenvalue weighted by Gasteiger charge is 2.25. The molecule has 0 aromatic carbocycles. The standard InChI is InChI=1S/C14H19N/c1-4-6-13-11(5-2)7-8-12-9-15(3)10-14(12)13/h4-6H,2,7-10H2,1,3H3/b6-4-. The lowest BCUT2D eigenvalue weighted by atomic mass is 9.87. The van der Waals surface area contributed by atoms with E-state index in [2.05, 4.69) is 37.6 Å². The van der Waals surface area contributed by atoms with Gasteiger partial charge in [0, 0.05) is 13.1 Å². The third-order valence-electron chi connectivity index (χ3n) is 3.26. The van der Waals surface area contributed by atoms with Gasteiger partial charge in [0.15, 0.2) is 0 Å². The molecule has 0 fully saturated rings. The van der Waals surface area contributed by atoms with Crippen LogP contribution in [0.2, 0.25) is 0 Å². The third kappa shape index (κ3) is 1.84. The first-order valence-electron chi connectivity index (χ1n) is 5.64. The van der Waals surface area contributed by atoms with Crippen LogP contribution in [0.15, 0.2) is 47.1 Å². The van der Waals surface area contributed by atoms with E-state index in [1.165, 1.54) is 17.6 Å². The molecule has 0 amide bonds. The zero-order valence-electron chi connectivity index (χ0n) is 9.71. The maximum atomic E-state index is 3.92. The van der Waals surface area contributed by atoms with Crippen molar-refractivity contribution in [3.05, 3.63) is 47.1 Å². The van der Waals surface area contributed by atoms with E-state index in [0.29, 0.717) is 0 Å². The lowest BCUT2D eigenvalue weighted by molar-refractivity contribution is 0.424. The summed E-state index contributed by atoms with van der Waals surface area (Å²) in [7, 11) is 2.19. The minimum atomic E-state index is 1.10. The summed E-state index contributed by atoms with van der Waals surface area (Å²) in [6, 6.07) is 0. The van der Waals surface area contributed by atoms with Crippen LogP contribution in [0, 0.1) is 0 Å². The first-order chi connectivity index (χ1) is 7.26. The molecule has 2 rings (SSSR count). The topological polar surface area (TPSA) is 3.24 Å². The van der Waals surface area contributed by atoms with Gasteiger partial charge in [0.25, 0.3) is 0 Å². The van der Waals surface area contributed by atoms with Crippen LogP contribution in [-0.4, -0.2) is 25.0 Å². The smallest absolute Gasteiger partial charge is 0.0240 e. The highest BCUT2D eigenvalue weighted by molar-refractivity contribution is 5.54. The zero-order chi connectivity index (χ0) is 10.8. The average Bonchev–Trinajstić information content (AvgIpc) is 2.60. The highest BCUT2D eigenvalue weighted by Crippen LogP contribution is 2.35. The van der Waals surface area contributed by atoms with Crippen LogP contribution < -0.4 is 0 Å². The van der Waals surface area contributed by atoms with E-state index in [4.69, 9.17) is 0 Å². The summed E-state index contributed by atoms with van der Waals surface area (Å²) in [6.07, 6.45) is 8.78. The fourth-order valence-electron chi connectivity index (χ4n) is 2.56. The Bertz CT molecular complexity index is 369. The Morgan fingerprint density at radius 3 is 2.73 bits per heavy atom. The van der Waals surface area contributed by atoms with E-state index in [1.807, 2.05) is 6.08 Å². The molecule has 0 atom stereocenters. The van der Waals surface area contributed by atoms with Gasteiger partial charge in [-0.2, -0.15) is 0 Å². The maximum absolute atomic E-state index is 3.92. The highest BCUT2D eigenvalue weighted by atomic mass is 15.1. The molecule has 1 aliphatic heterocycles. The van der Waals surface area contributed by atoms with Crippen molar-refractivity contribution >= 4 is 0 Å². The molecule has 0 aromatic heterocycles. The van der Waals surface area contributed by atoms with Gasteiger partial charge < -0.3 is 0 Å². The largest absolute Gasteiger partial charge is 0.298 e. The lowest BCUT2D eigenvalue weighted by Crippen LogP contribution is -2.14. The van der Waals surface area contributed by atoms with Crippen LogP contribution >= 0.6 is 0 Å². The summed E-state index contributed by atoms with van der Waals surface area (Å²) in [6.45, 7) is 8.26. The SMILES string of the molecule is C=CC1=C(/C=C\C)C2=C(CC1)CN(C)C2. The van der Waals surface area contributed by atoms with Crippen molar-refractivity contribution in [3.8, 4) is 0 Å². The molecule has 1 heterocycles. The van der Waals surface area contributed by atoms with E-state index < -0.39 is 0 Å². The molecule has 0 saturated carbocycles. The quantitative estimate of drug-likeness (QED) is 0.663. The van der Waals surface area contributed by atoms with Crippen LogP contribution in [0.25, 0.3) is 0 Å². The van der Waals surface area contributed by atoms with E-state index in [0.717, 1.165) is 19.5 Å². The molecule has 0 saturated heterocycles. The van der Waals surface area contributed by atoms with Gasteiger partial charge in [0.05, 0.1) is 0 Å². The molecule has 0 spiro atoms. The molecule has 0 unspecified atom stereocenters. The van der Waals surface area contributed by atoms with Crippen molar-refractivity contribution < 1.29 is 0 Å². The Morgan fingerprint density at radius 2 is 2.07 bits per heavy atom. The van der Waals surface area contributed by atoms with Gasteiger partial charge in [-0.05, 0) is 43.5 Å². The van der Waals surface area contributed by atoms with E-state index >= 15 is 0 Å². The fourth-order valence-corrected chi connectivity index (χ4v) is 2.56. The number of hydrogen-bond acceptors (Lipinski definition) is 1. The van der Waals surface area contributed by atoms with E-state index in [1.54, 1.807) is 11.1 Å². The summed E-state index contributed by atoms with van der Waals surface area (Å²) in [5, 5.41) is 0. The van der Waals surface area contributed by atoms with Gasteiger partial charge in [-0.3, -0.25) is 4.90 Å². The first kappa shape index (κ1) is 10.4. The van der Waals surface area contributed by atoms with Crippen molar-refractivity contribution in [2.75, 3.05) is 20.1 Å². The molecular formula is C14H19N. The predicted octanol–water partition coefficient (Wildman–Crippen LogP) is 3.08. The van der Waals surface area contributed by atoms with Gasteiger partial charge >= 0.3 is 0 Å². The molecule has 2 aliphatic rings. The van der Waals surface area contributed by atoms with Gasteiger partial charge in [-0.1, -0.05) is 30.4 Å². The Labute approximate surface area is 92.5 Å². The minimum absolute atomic E-state index is 1.10. The number of allylic oxidation sites excluding steroid dienone is 4. The number of nitrogens with zero attached hydrogens (tertiary/aromatic N) is 1. The zero-order valence-corrected chi connectivity index (χ0v) is 9.71. The predicted molar refractivity (Wildman–Crippen MR) is 65.8 cm³/mol. The number of hydrogen-bond donors (Lipinski definition) is 0. The molecule has 80 valence electrons. The summed E-state index contributed by atoms with van der Waals surface area (Å²) >= 11 is 0. The Kier molecular flexibility index (Phi) is 2.92. The van der Waals surface area contributed by atoms with Gasteiger partial charge in [-0.15, -0.1) is 0 Å². The molecule has 0 bridgehead atoms. The van der Waals surface area contributed by atoms with Crippen molar-refractivity contribution in [2.45, 2.75) is 19.8 Å². The molecule has 0 N–H and O–H groups in total. The van der Waals surface area contributed by atoms with E-state index in [-0.39, 0.29) is 0 Å². The summed E-state index contributed by atoms with van der Waals surface area (Å²) in [5.74, 6) is 0. The molecule has 0 aromatic rings. The minimum Gasteiger partial charge on any atom is -0.298 e. The lowest BCUT2D eigenvalue weighted by Gasteiger charge is -2.18. The van der Waals surface area contributed by atoms with Crippen molar-refractivity contribution in [1.29, 1.82) is 0 Å². The molecule has 1 nitrogen and oxygen atoms in total. The number of likely N-dealkylation sites (N-methyl/N-ethyl adjacent to an activating group) is 1. The monoisotopic (exact) mass is 201 g/mol. The second-order valence-electron chi connectivity index (χ2n) is 4.40. The summed E-state index contributed by atoms with van der Waals surface area (Å²) in [4.78, 5) is 2.39. The molecule has 1 heteroatoms. The van der Waals surface area contributed by atoms with Gasteiger partial charge in [-0.25, -0.2) is 0 Å². The first-order valence-corrected chi connectivity index (χ1v) is 5.64. The normalized spacial score (nSPS) is 22.8. The van der Waals surface area contributed by atoms with Crippen LogP contribution in [0.4, 0.5) is 0 Å². The second kappa shape index (κ2) is 4.19. The Balaban J connectivity index is 2.41. The average molecular weight is 201 g/mol. The second-order valence-corrected chi connectivity index (χ2v) is 4.40. The number of rotatable bonds is 2. The molecular weight excluding hydrogens is 182 g/mol. The van der Waals surface area contributed by atoms with E-state index in [9.17, 15) is 0 Å². The van der Waals surface area contributed by atoms with Crippen molar-refractivity contribution in [2.24, 2.45) is 0 Å². The third-order valence-corrected chi connectivity index (χ3v) is 3.26. The van der Waals surface area contributed by atoms with Gasteiger partial charge in [0.2, 0.25) is 0 Å². The van der Waals surface area contributed by atoms with Crippen LogP contribution in [0.3, 0.4) is 0 Å². The summed E-state index contributed by atoms with van der Waals surface area (Å²) < 4.78 is 0. The fraction of sp³-hybridized carbons (Fsp3) is 0.429. The maximum Gasteiger partial charge on any atom is 0.0240 e. The van der Waals surface area contributed by atoms with Crippen LogP contribution in [0.5, 0.6) is 0 Å². The summed E-state index contributed by atoms with van der Waals surface area (Å²) in [5.41, 5.74) is 6.04.